The van der Waals surface area contributed by atoms with Gasteiger partial charge >= 0.3 is 0 Å². The zero-order chi connectivity index (χ0) is 15.2. The van der Waals surface area contributed by atoms with Crippen molar-refractivity contribution >= 4 is 23.5 Å². The first-order valence-corrected chi connectivity index (χ1v) is 8.48. The molecule has 0 radical (unpaired) electrons. The first-order chi connectivity index (χ1) is 9.45. The minimum atomic E-state index is -0.567. The van der Waals surface area contributed by atoms with Crippen LogP contribution in [0.3, 0.4) is 0 Å². The van der Waals surface area contributed by atoms with E-state index in [9.17, 15) is 4.79 Å². The van der Waals surface area contributed by atoms with Gasteiger partial charge in [-0.15, -0.1) is 0 Å². The third-order valence-corrected chi connectivity index (χ3v) is 5.58. The summed E-state index contributed by atoms with van der Waals surface area (Å²) in [7, 11) is 0. The van der Waals surface area contributed by atoms with Crippen molar-refractivity contribution in [3.8, 4) is 0 Å². The van der Waals surface area contributed by atoms with Crippen molar-refractivity contribution in [2.75, 3.05) is 12.8 Å². The van der Waals surface area contributed by atoms with Crippen LogP contribution in [0.15, 0.2) is 5.16 Å². The predicted molar refractivity (Wildman–Crippen MR) is 84.1 cm³/mol. The van der Waals surface area contributed by atoms with Crippen molar-refractivity contribution in [3.63, 3.8) is 0 Å². The largest absolute Gasteiger partial charge is 0.409 e. The Morgan fingerprint density at radius 3 is 2.45 bits per heavy atom. The summed E-state index contributed by atoms with van der Waals surface area (Å²) < 4.78 is 0.153. The highest BCUT2D eigenvalue weighted by Gasteiger charge is 2.33. The molecule has 0 aromatic heterocycles. The highest BCUT2D eigenvalue weighted by Crippen LogP contribution is 2.38. The lowest BCUT2D eigenvalue weighted by molar-refractivity contribution is -0.124. The van der Waals surface area contributed by atoms with Gasteiger partial charge in [0.1, 0.15) is 5.92 Å². The lowest BCUT2D eigenvalue weighted by atomic mass is 9.87. The van der Waals surface area contributed by atoms with Crippen molar-refractivity contribution in [2.24, 2.45) is 22.7 Å². The molecule has 1 atom stereocenters. The number of thioether (sulfide) groups is 1. The highest BCUT2D eigenvalue weighted by molar-refractivity contribution is 8.00. The molecule has 116 valence electrons. The van der Waals surface area contributed by atoms with Gasteiger partial charge in [-0.2, -0.15) is 11.8 Å². The summed E-state index contributed by atoms with van der Waals surface area (Å²) in [5.74, 6) is -0.723. The Kier molecular flexibility index (Phi) is 6.65. The van der Waals surface area contributed by atoms with Crippen molar-refractivity contribution in [1.82, 2.24) is 5.32 Å². The Labute approximate surface area is 125 Å². The molecule has 5 nitrogen and oxygen atoms in total. The zero-order valence-electron chi connectivity index (χ0n) is 12.7. The van der Waals surface area contributed by atoms with Crippen molar-refractivity contribution in [1.29, 1.82) is 0 Å². The maximum absolute atomic E-state index is 12.3. The number of nitrogens with one attached hydrogen (secondary N) is 1. The quantitative estimate of drug-likeness (QED) is 0.304. The molecule has 0 aromatic carbocycles. The summed E-state index contributed by atoms with van der Waals surface area (Å²) in [5.41, 5.74) is 5.63. The Morgan fingerprint density at radius 2 is 2.00 bits per heavy atom. The lowest BCUT2D eigenvalue weighted by Crippen LogP contribution is -2.47. The molecule has 0 saturated heterocycles. The topological polar surface area (TPSA) is 87.7 Å². The van der Waals surface area contributed by atoms with Gasteiger partial charge in [0.2, 0.25) is 5.91 Å². The second-order valence-corrected chi connectivity index (χ2v) is 7.19. The molecule has 1 amide bonds. The van der Waals surface area contributed by atoms with E-state index < -0.39 is 5.92 Å². The smallest absolute Gasteiger partial charge is 0.231 e. The van der Waals surface area contributed by atoms with Crippen LogP contribution < -0.4 is 11.1 Å². The lowest BCUT2D eigenvalue weighted by Gasteiger charge is -2.36. The number of nitrogens with zero attached hydrogens (tertiary/aromatic N) is 1. The van der Waals surface area contributed by atoms with Crippen molar-refractivity contribution in [3.05, 3.63) is 0 Å². The first kappa shape index (κ1) is 17.1. The zero-order valence-corrected chi connectivity index (χ0v) is 13.5. The van der Waals surface area contributed by atoms with Gasteiger partial charge in [-0.1, -0.05) is 38.3 Å². The Bertz CT molecular complexity index is 352. The van der Waals surface area contributed by atoms with Crippen LogP contribution in [0.5, 0.6) is 0 Å². The molecule has 0 aromatic rings. The van der Waals surface area contributed by atoms with E-state index in [0.29, 0.717) is 6.54 Å². The molecule has 0 bridgehead atoms. The van der Waals surface area contributed by atoms with E-state index in [1.54, 1.807) is 0 Å². The molecule has 1 aliphatic rings. The Balaban J connectivity index is 2.64. The molecule has 1 aliphatic carbocycles. The monoisotopic (exact) mass is 301 g/mol. The summed E-state index contributed by atoms with van der Waals surface area (Å²) in [6.07, 6.45) is 8.14. The van der Waals surface area contributed by atoms with Crippen LogP contribution in [0.4, 0.5) is 0 Å². The number of oxime groups is 1. The SMILES string of the molecule is CSC1(CNC(=O)C(C(N)=NO)C(C)C)CCCCC1. The number of hydrogen-bond acceptors (Lipinski definition) is 4. The van der Waals surface area contributed by atoms with Crippen LogP contribution in [-0.2, 0) is 4.79 Å². The van der Waals surface area contributed by atoms with Gasteiger partial charge in [0.25, 0.3) is 0 Å². The molecule has 4 N–H and O–H groups in total. The number of carbonyl (C=O) groups is 1. The molecular weight excluding hydrogens is 274 g/mol. The molecule has 0 spiro atoms. The third-order valence-electron chi connectivity index (χ3n) is 4.17. The van der Waals surface area contributed by atoms with Gasteiger partial charge in [-0.25, -0.2) is 0 Å². The minimum absolute atomic E-state index is 0.00230. The van der Waals surface area contributed by atoms with E-state index in [1.165, 1.54) is 19.3 Å². The van der Waals surface area contributed by atoms with Crippen LogP contribution in [0, 0.1) is 11.8 Å². The van der Waals surface area contributed by atoms with Gasteiger partial charge in [0, 0.05) is 11.3 Å². The van der Waals surface area contributed by atoms with Gasteiger partial charge in [-0.3, -0.25) is 4.79 Å². The fourth-order valence-corrected chi connectivity index (χ4v) is 3.76. The molecule has 1 unspecified atom stereocenters. The van der Waals surface area contributed by atoms with Crippen molar-refractivity contribution in [2.45, 2.75) is 50.7 Å². The van der Waals surface area contributed by atoms with Gasteiger partial charge in [-0.05, 0) is 25.0 Å². The van der Waals surface area contributed by atoms with Crippen molar-refractivity contribution < 1.29 is 10.0 Å². The molecule has 1 saturated carbocycles. The maximum Gasteiger partial charge on any atom is 0.231 e. The second kappa shape index (κ2) is 7.76. The third kappa shape index (κ3) is 4.30. The minimum Gasteiger partial charge on any atom is -0.409 e. The van der Waals surface area contributed by atoms with Gasteiger partial charge in [0.05, 0.1) is 0 Å². The summed E-state index contributed by atoms with van der Waals surface area (Å²) in [4.78, 5) is 12.3. The second-order valence-electron chi connectivity index (χ2n) is 5.91. The standard InChI is InChI=1S/C14H27N3O2S/c1-10(2)11(12(15)17-19)13(18)16-9-14(20-3)7-5-4-6-8-14/h10-11,19H,4-9H2,1-3H3,(H2,15,17)(H,16,18). The number of carbonyl (C=O) groups excluding carboxylic acids is 1. The van der Waals surface area contributed by atoms with E-state index in [0.717, 1.165) is 12.8 Å². The average molecular weight is 301 g/mol. The molecule has 20 heavy (non-hydrogen) atoms. The maximum atomic E-state index is 12.3. The fraction of sp³-hybridized carbons (Fsp3) is 0.857. The molecule has 0 heterocycles. The number of nitrogens with two attached hydrogens (primary N) is 1. The average Bonchev–Trinajstić information content (AvgIpc) is 2.45. The highest BCUT2D eigenvalue weighted by atomic mass is 32.2. The Hall–Kier alpha value is -0.910. The molecule has 1 rings (SSSR count). The molecule has 6 heteroatoms. The number of rotatable bonds is 6. The summed E-state index contributed by atoms with van der Waals surface area (Å²) in [6, 6.07) is 0. The molecule has 0 aliphatic heterocycles. The van der Waals surface area contributed by atoms with E-state index in [2.05, 4.69) is 16.7 Å². The number of amides is 1. The summed E-state index contributed by atoms with van der Waals surface area (Å²) >= 11 is 1.84. The van der Waals surface area contributed by atoms with Gasteiger partial charge < -0.3 is 16.3 Å². The van der Waals surface area contributed by atoms with E-state index >= 15 is 0 Å². The van der Waals surface area contributed by atoms with Crippen LogP contribution in [0.1, 0.15) is 46.0 Å². The van der Waals surface area contributed by atoms with E-state index in [-0.39, 0.29) is 22.4 Å². The number of hydrogen-bond donors (Lipinski definition) is 3. The fourth-order valence-electron chi connectivity index (χ4n) is 2.85. The van der Waals surface area contributed by atoms with Crippen LogP contribution in [0.2, 0.25) is 0 Å². The van der Waals surface area contributed by atoms with E-state index in [1.807, 2.05) is 25.6 Å². The predicted octanol–water partition coefficient (Wildman–Crippen LogP) is 2.19. The van der Waals surface area contributed by atoms with Crippen LogP contribution in [0.25, 0.3) is 0 Å². The van der Waals surface area contributed by atoms with Gasteiger partial charge in [0.15, 0.2) is 5.84 Å². The van der Waals surface area contributed by atoms with Crippen LogP contribution in [-0.4, -0.2) is 34.5 Å². The summed E-state index contributed by atoms with van der Waals surface area (Å²) in [5, 5.41) is 14.8. The number of amidine groups is 1. The normalized spacial score (nSPS) is 20.7. The van der Waals surface area contributed by atoms with E-state index in [4.69, 9.17) is 10.9 Å². The molecule has 1 fully saturated rings. The Morgan fingerprint density at radius 1 is 1.40 bits per heavy atom. The first-order valence-electron chi connectivity index (χ1n) is 7.26. The van der Waals surface area contributed by atoms with Crippen LogP contribution >= 0.6 is 11.8 Å². The molecular formula is C14H27N3O2S. The summed E-state index contributed by atoms with van der Waals surface area (Å²) in [6.45, 7) is 4.45.